The standard InChI is InChI=1S/C21H31NO4/c1-5-22-15-11-12-17-16(13-15)18(24-4)19(21(2,3)26-17)25-20(23)14-9-7-6-8-10-14/h11-14,18-19,22H,5-10H2,1-4H3. The second-order valence-electron chi connectivity index (χ2n) is 7.84. The van der Waals surface area contributed by atoms with E-state index in [-0.39, 0.29) is 18.0 Å². The van der Waals surface area contributed by atoms with E-state index < -0.39 is 11.7 Å². The van der Waals surface area contributed by atoms with Crippen molar-refractivity contribution in [1.82, 2.24) is 0 Å². The molecule has 2 aliphatic rings. The van der Waals surface area contributed by atoms with Crippen molar-refractivity contribution in [2.24, 2.45) is 5.92 Å². The molecule has 1 aliphatic carbocycles. The minimum atomic E-state index is -0.655. The van der Waals surface area contributed by atoms with Gasteiger partial charge in [0.05, 0.1) is 5.92 Å². The van der Waals surface area contributed by atoms with Gasteiger partial charge in [-0.2, -0.15) is 0 Å². The Labute approximate surface area is 156 Å². The Hall–Kier alpha value is -1.75. The largest absolute Gasteiger partial charge is 0.483 e. The molecule has 1 aliphatic heterocycles. The van der Waals surface area contributed by atoms with Crippen LogP contribution in [-0.2, 0) is 14.3 Å². The van der Waals surface area contributed by atoms with E-state index in [4.69, 9.17) is 14.2 Å². The summed E-state index contributed by atoms with van der Waals surface area (Å²) in [6.45, 7) is 6.81. The summed E-state index contributed by atoms with van der Waals surface area (Å²) in [7, 11) is 1.66. The van der Waals surface area contributed by atoms with Crippen molar-refractivity contribution in [3.05, 3.63) is 23.8 Å². The first kappa shape index (κ1) is 19.0. The summed E-state index contributed by atoms with van der Waals surface area (Å²) in [6, 6.07) is 5.99. The molecule has 0 bridgehead atoms. The molecule has 0 spiro atoms. The van der Waals surface area contributed by atoms with Gasteiger partial charge in [-0.1, -0.05) is 19.3 Å². The average Bonchev–Trinajstić information content (AvgIpc) is 2.63. The Morgan fingerprint density at radius 2 is 2.00 bits per heavy atom. The van der Waals surface area contributed by atoms with Gasteiger partial charge in [0, 0.05) is 24.9 Å². The predicted octanol–water partition coefficient (Wildman–Crippen LogP) is 4.47. The fraction of sp³-hybridized carbons (Fsp3) is 0.667. The third kappa shape index (κ3) is 3.83. The molecule has 1 heterocycles. The zero-order valence-electron chi connectivity index (χ0n) is 16.3. The van der Waals surface area contributed by atoms with E-state index in [1.165, 1.54) is 6.42 Å². The molecule has 0 aromatic heterocycles. The van der Waals surface area contributed by atoms with E-state index >= 15 is 0 Å². The van der Waals surface area contributed by atoms with Crippen LogP contribution in [-0.4, -0.2) is 31.3 Å². The number of anilines is 1. The number of methoxy groups -OCH3 is 1. The number of esters is 1. The lowest BCUT2D eigenvalue weighted by Crippen LogP contribution is -2.52. The molecule has 2 atom stereocenters. The number of carbonyl (C=O) groups excluding carboxylic acids is 1. The van der Waals surface area contributed by atoms with E-state index in [9.17, 15) is 4.79 Å². The lowest BCUT2D eigenvalue weighted by Gasteiger charge is -2.44. The van der Waals surface area contributed by atoms with Crippen molar-refractivity contribution < 1.29 is 19.0 Å². The molecule has 1 N–H and O–H groups in total. The maximum absolute atomic E-state index is 12.8. The molecule has 1 aromatic carbocycles. The second-order valence-corrected chi connectivity index (χ2v) is 7.84. The fourth-order valence-corrected chi connectivity index (χ4v) is 4.06. The maximum Gasteiger partial charge on any atom is 0.309 e. The minimum absolute atomic E-state index is 0.00606. The molecule has 1 aromatic rings. The van der Waals surface area contributed by atoms with Crippen LogP contribution in [0.25, 0.3) is 0 Å². The van der Waals surface area contributed by atoms with Gasteiger partial charge in [-0.3, -0.25) is 4.79 Å². The molecule has 0 radical (unpaired) electrons. The predicted molar refractivity (Wildman–Crippen MR) is 102 cm³/mol. The van der Waals surface area contributed by atoms with Gasteiger partial charge >= 0.3 is 5.97 Å². The van der Waals surface area contributed by atoms with E-state index in [2.05, 4.69) is 12.2 Å². The van der Waals surface area contributed by atoms with E-state index in [0.29, 0.717) is 0 Å². The molecular formula is C21H31NO4. The zero-order chi connectivity index (χ0) is 18.7. The normalized spacial score (nSPS) is 25.1. The fourth-order valence-electron chi connectivity index (χ4n) is 4.06. The van der Waals surface area contributed by atoms with Gasteiger partial charge in [-0.25, -0.2) is 0 Å². The zero-order valence-corrected chi connectivity index (χ0v) is 16.3. The molecule has 26 heavy (non-hydrogen) atoms. The van der Waals surface area contributed by atoms with Crippen LogP contribution < -0.4 is 10.1 Å². The first-order valence-corrected chi connectivity index (χ1v) is 9.76. The summed E-state index contributed by atoms with van der Waals surface area (Å²) in [4.78, 5) is 12.8. The smallest absolute Gasteiger partial charge is 0.309 e. The molecule has 1 saturated carbocycles. The van der Waals surface area contributed by atoms with Gasteiger partial charge < -0.3 is 19.5 Å². The van der Waals surface area contributed by atoms with Crippen LogP contribution in [0.1, 0.15) is 64.5 Å². The van der Waals surface area contributed by atoms with Crippen molar-refractivity contribution in [2.45, 2.75) is 70.7 Å². The highest BCUT2D eigenvalue weighted by Crippen LogP contribution is 2.44. The van der Waals surface area contributed by atoms with Crippen molar-refractivity contribution in [3.63, 3.8) is 0 Å². The van der Waals surface area contributed by atoms with Crippen molar-refractivity contribution in [1.29, 1.82) is 0 Å². The molecule has 5 nitrogen and oxygen atoms in total. The van der Waals surface area contributed by atoms with Gasteiger partial charge in [0.2, 0.25) is 0 Å². The third-order valence-electron chi connectivity index (χ3n) is 5.47. The van der Waals surface area contributed by atoms with Gasteiger partial charge in [0.1, 0.15) is 17.5 Å². The molecule has 5 heteroatoms. The molecule has 3 rings (SSSR count). The molecule has 1 fully saturated rings. The summed E-state index contributed by atoms with van der Waals surface area (Å²) >= 11 is 0. The minimum Gasteiger partial charge on any atom is -0.483 e. The summed E-state index contributed by atoms with van der Waals surface area (Å²) in [5.41, 5.74) is 1.28. The highest BCUT2D eigenvalue weighted by molar-refractivity contribution is 5.73. The first-order chi connectivity index (χ1) is 12.5. The van der Waals surface area contributed by atoms with Crippen LogP contribution >= 0.6 is 0 Å². The molecule has 144 valence electrons. The van der Waals surface area contributed by atoms with Crippen molar-refractivity contribution >= 4 is 11.7 Å². The summed E-state index contributed by atoms with van der Waals surface area (Å²) < 4.78 is 18.0. The number of rotatable bonds is 5. The Kier molecular flexibility index (Phi) is 5.76. The second kappa shape index (κ2) is 7.87. The Morgan fingerprint density at radius 3 is 2.65 bits per heavy atom. The number of carbonyl (C=O) groups is 1. The highest BCUT2D eigenvalue weighted by atomic mass is 16.6. The highest BCUT2D eigenvalue weighted by Gasteiger charge is 2.47. The first-order valence-electron chi connectivity index (χ1n) is 9.76. The topological polar surface area (TPSA) is 56.8 Å². The van der Waals surface area contributed by atoms with Crippen LogP contribution in [0.3, 0.4) is 0 Å². The lowest BCUT2D eigenvalue weighted by molar-refractivity contribution is -0.186. The SMILES string of the molecule is CCNc1ccc2c(c1)C(OC)C(OC(=O)C1CCCCC1)C(C)(C)O2. The summed E-state index contributed by atoms with van der Waals surface area (Å²) in [5, 5.41) is 3.31. The lowest BCUT2D eigenvalue weighted by atomic mass is 9.86. The number of fused-ring (bicyclic) bond motifs is 1. The van der Waals surface area contributed by atoms with Crippen LogP contribution in [0.2, 0.25) is 0 Å². The maximum atomic E-state index is 12.8. The number of benzene rings is 1. The van der Waals surface area contributed by atoms with E-state index in [1.54, 1.807) is 7.11 Å². The third-order valence-corrected chi connectivity index (χ3v) is 5.47. The van der Waals surface area contributed by atoms with Gasteiger partial charge in [-0.15, -0.1) is 0 Å². The Morgan fingerprint density at radius 1 is 1.27 bits per heavy atom. The van der Waals surface area contributed by atoms with Gasteiger partial charge in [0.25, 0.3) is 0 Å². The van der Waals surface area contributed by atoms with Crippen LogP contribution in [0.15, 0.2) is 18.2 Å². The molecule has 2 unspecified atom stereocenters. The van der Waals surface area contributed by atoms with Crippen LogP contribution in [0, 0.1) is 5.92 Å². The summed E-state index contributed by atoms with van der Waals surface area (Å²) in [5.74, 6) is 0.680. The molecule has 0 amide bonds. The number of hydrogen-bond acceptors (Lipinski definition) is 5. The van der Waals surface area contributed by atoms with E-state index in [1.807, 2.05) is 32.0 Å². The monoisotopic (exact) mass is 361 g/mol. The molecular weight excluding hydrogens is 330 g/mol. The van der Waals surface area contributed by atoms with Crippen molar-refractivity contribution in [2.75, 3.05) is 19.0 Å². The van der Waals surface area contributed by atoms with Crippen LogP contribution in [0.4, 0.5) is 5.69 Å². The molecule has 0 saturated heterocycles. The van der Waals surface area contributed by atoms with Gasteiger partial charge in [-0.05, 0) is 51.8 Å². The van der Waals surface area contributed by atoms with Crippen LogP contribution in [0.5, 0.6) is 5.75 Å². The summed E-state index contributed by atoms with van der Waals surface area (Å²) in [6.07, 6.45) is 4.44. The Bertz CT molecular complexity index is 637. The quantitative estimate of drug-likeness (QED) is 0.784. The van der Waals surface area contributed by atoms with Crippen molar-refractivity contribution in [3.8, 4) is 5.75 Å². The van der Waals surface area contributed by atoms with E-state index in [0.717, 1.165) is 49.2 Å². The number of ether oxygens (including phenoxy) is 3. The Balaban J connectivity index is 1.86. The number of hydrogen-bond donors (Lipinski definition) is 1. The number of nitrogens with one attached hydrogen (secondary N) is 1. The average molecular weight is 361 g/mol. The van der Waals surface area contributed by atoms with Gasteiger partial charge in [0.15, 0.2) is 6.10 Å².